The first kappa shape index (κ1) is 15.8. The second kappa shape index (κ2) is 6.60. The van der Waals surface area contributed by atoms with Gasteiger partial charge in [0.05, 0.1) is 5.54 Å². The number of nitrogens with one attached hydrogen (secondary N) is 2. The molecule has 2 atom stereocenters. The van der Waals surface area contributed by atoms with Crippen molar-refractivity contribution < 1.29 is 9.59 Å². The Morgan fingerprint density at radius 1 is 1.17 bits per heavy atom. The summed E-state index contributed by atoms with van der Waals surface area (Å²) in [5, 5.41) is 5.64. The summed E-state index contributed by atoms with van der Waals surface area (Å²) in [6, 6.07) is 10.4. The van der Waals surface area contributed by atoms with Gasteiger partial charge in [-0.25, -0.2) is 4.79 Å². The SMILES string of the molecule is CC(=O)NCCNC(=O)N1CC2CCCCC21c1ccccc1. The zero-order chi connectivity index (χ0) is 16.3. The van der Waals surface area contributed by atoms with Crippen LogP contribution in [0.2, 0.25) is 0 Å². The number of rotatable bonds is 4. The van der Waals surface area contributed by atoms with Gasteiger partial charge >= 0.3 is 6.03 Å². The Morgan fingerprint density at radius 3 is 2.61 bits per heavy atom. The number of hydrogen-bond donors (Lipinski definition) is 2. The van der Waals surface area contributed by atoms with Gasteiger partial charge in [0.25, 0.3) is 0 Å². The van der Waals surface area contributed by atoms with Crippen LogP contribution in [0.5, 0.6) is 0 Å². The largest absolute Gasteiger partial charge is 0.355 e. The van der Waals surface area contributed by atoms with Crippen LogP contribution in [0.4, 0.5) is 4.79 Å². The van der Waals surface area contributed by atoms with Gasteiger partial charge in [-0.1, -0.05) is 43.2 Å². The number of carbonyl (C=O) groups is 2. The second-order valence-electron chi connectivity index (χ2n) is 6.56. The molecule has 5 nitrogen and oxygen atoms in total. The van der Waals surface area contributed by atoms with Crippen molar-refractivity contribution in [2.75, 3.05) is 19.6 Å². The smallest absolute Gasteiger partial charge is 0.318 e. The molecule has 0 bridgehead atoms. The van der Waals surface area contributed by atoms with Gasteiger partial charge in [0, 0.05) is 32.5 Å². The number of hydrogen-bond acceptors (Lipinski definition) is 2. The average molecular weight is 315 g/mol. The fourth-order valence-electron chi connectivity index (χ4n) is 4.13. The van der Waals surface area contributed by atoms with Crippen molar-refractivity contribution in [1.82, 2.24) is 15.5 Å². The molecular weight excluding hydrogens is 290 g/mol. The number of urea groups is 1. The van der Waals surface area contributed by atoms with Crippen molar-refractivity contribution >= 4 is 11.9 Å². The van der Waals surface area contributed by atoms with Crippen LogP contribution >= 0.6 is 0 Å². The van der Waals surface area contributed by atoms with Crippen LogP contribution in [0, 0.1) is 5.92 Å². The summed E-state index contributed by atoms with van der Waals surface area (Å²) >= 11 is 0. The van der Waals surface area contributed by atoms with E-state index in [2.05, 4.69) is 34.9 Å². The number of amides is 3. The first-order valence-corrected chi connectivity index (χ1v) is 8.50. The molecule has 2 unspecified atom stereocenters. The predicted molar refractivity (Wildman–Crippen MR) is 88.9 cm³/mol. The highest BCUT2D eigenvalue weighted by Gasteiger charge is 2.56. The molecule has 124 valence electrons. The Bertz CT molecular complexity index is 575. The molecule has 2 N–H and O–H groups in total. The Balaban J connectivity index is 1.69. The minimum atomic E-state index is -0.127. The molecular formula is C18H25N3O2. The van der Waals surface area contributed by atoms with E-state index in [0.717, 1.165) is 13.0 Å². The highest BCUT2D eigenvalue weighted by molar-refractivity contribution is 5.77. The Labute approximate surface area is 137 Å². The van der Waals surface area contributed by atoms with Crippen molar-refractivity contribution in [2.24, 2.45) is 5.92 Å². The molecule has 1 aliphatic carbocycles. The molecule has 1 aliphatic heterocycles. The molecule has 3 rings (SSSR count). The van der Waals surface area contributed by atoms with Crippen LogP contribution in [0.25, 0.3) is 0 Å². The molecule has 3 amide bonds. The third kappa shape index (κ3) is 2.92. The van der Waals surface area contributed by atoms with Crippen LogP contribution in [0.15, 0.2) is 30.3 Å². The van der Waals surface area contributed by atoms with E-state index in [1.165, 1.54) is 31.7 Å². The van der Waals surface area contributed by atoms with E-state index < -0.39 is 0 Å². The Hall–Kier alpha value is -2.04. The molecule has 1 aromatic carbocycles. The van der Waals surface area contributed by atoms with Crippen molar-refractivity contribution in [3.63, 3.8) is 0 Å². The molecule has 0 aromatic heterocycles. The first-order valence-electron chi connectivity index (χ1n) is 8.50. The van der Waals surface area contributed by atoms with Gasteiger partial charge in [-0.2, -0.15) is 0 Å². The number of carbonyl (C=O) groups excluding carboxylic acids is 2. The number of benzene rings is 1. The number of likely N-dealkylation sites (tertiary alicyclic amines) is 1. The fraction of sp³-hybridized carbons (Fsp3) is 0.556. The Kier molecular flexibility index (Phi) is 4.55. The van der Waals surface area contributed by atoms with E-state index in [0.29, 0.717) is 19.0 Å². The second-order valence-corrected chi connectivity index (χ2v) is 6.56. The summed E-state index contributed by atoms with van der Waals surface area (Å²) in [4.78, 5) is 25.5. The molecule has 23 heavy (non-hydrogen) atoms. The van der Waals surface area contributed by atoms with E-state index in [9.17, 15) is 9.59 Å². The third-order valence-corrected chi connectivity index (χ3v) is 5.21. The summed E-state index contributed by atoms with van der Waals surface area (Å²) in [6.45, 7) is 3.25. The molecule has 1 aromatic rings. The lowest BCUT2D eigenvalue weighted by Gasteiger charge is -2.61. The molecule has 1 saturated heterocycles. The van der Waals surface area contributed by atoms with Gasteiger partial charge in [0.2, 0.25) is 5.91 Å². The van der Waals surface area contributed by atoms with E-state index in [1.54, 1.807) is 0 Å². The summed E-state index contributed by atoms with van der Waals surface area (Å²) in [7, 11) is 0. The third-order valence-electron chi connectivity index (χ3n) is 5.21. The van der Waals surface area contributed by atoms with Crippen molar-refractivity contribution in [1.29, 1.82) is 0 Å². The molecule has 5 heteroatoms. The van der Waals surface area contributed by atoms with Crippen LogP contribution in [0.3, 0.4) is 0 Å². The fourth-order valence-corrected chi connectivity index (χ4v) is 4.13. The maximum Gasteiger partial charge on any atom is 0.318 e. The normalized spacial score (nSPS) is 26.0. The zero-order valence-corrected chi connectivity index (χ0v) is 13.7. The maximum atomic E-state index is 12.6. The van der Waals surface area contributed by atoms with Crippen LogP contribution in [-0.2, 0) is 10.3 Å². The van der Waals surface area contributed by atoms with Crippen LogP contribution in [0.1, 0.15) is 38.2 Å². The van der Waals surface area contributed by atoms with E-state index >= 15 is 0 Å². The molecule has 0 radical (unpaired) electrons. The summed E-state index contributed by atoms with van der Waals surface area (Å²) in [5.41, 5.74) is 1.13. The molecule has 1 saturated carbocycles. The lowest BCUT2D eigenvalue weighted by atomic mass is 9.62. The monoisotopic (exact) mass is 315 g/mol. The van der Waals surface area contributed by atoms with Gasteiger partial charge in [0.15, 0.2) is 0 Å². The van der Waals surface area contributed by atoms with Crippen LogP contribution < -0.4 is 10.6 Å². The zero-order valence-electron chi connectivity index (χ0n) is 13.7. The van der Waals surface area contributed by atoms with Gasteiger partial charge in [0.1, 0.15) is 0 Å². The predicted octanol–water partition coefficient (Wildman–Crippen LogP) is 2.23. The minimum absolute atomic E-state index is 0.0163. The van der Waals surface area contributed by atoms with E-state index in [1.807, 2.05) is 11.0 Å². The summed E-state index contributed by atoms with van der Waals surface area (Å²) < 4.78 is 0. The van der Waals surface area contributed by atoms with E-state index in [4.69, 9.17) is 0 Å². The molecule has 2 aliphatic rings. The Morgan fingerprint density at radius 2 is 1.91 bits per heavy atom. The summed E-state index contributed by atoms with van der Waals surface area (Å²) in [6.07, 6.45) is 4.67. The lowest BCUT2D eigenvalue weighted by Crippen LogP contribution is -2.69. The maximum absolute atomic E-state index is 12.6. The molecule has 1 heterocycles. The highest BCUT2D eigenvalue weighted by Crippen LogP contribution is 2.53. The van der Waals surface area contributed by atoms with E-state index in [-0.39, 0.29) is 17.5 Å². The van der Waals surface area contributed by atoms with Crippen LogP contribution in [-0.4, -0.2) is 36.5 Å². The van der Waals surface area contributed by atoms with Crippen molar-refractivity contribution in [2.45, 2.75) is 38.1 Å². The topological polar surface area (TPSA) is 61.4 Å². The first-order chi connectivity index (χ1) is 11.1. The van der Waals surface area contributed by atoms with Crippen molar-refractivity contribution in [3.8, 4) is 0 Å². The minimum Gasteiger partial charge on any atom is -0.355 e. The standard InChI is InChI=1S/C18H25N3O2/c1-14(22)19-11-12-20-17(23)21-13-16-9-5-6-10-18(16,21)15-7-3-2-4-8-15/h2-4,7-8,16H,5-6,9-13H2,1H3,(H,19,22)(H,20,23). The quantitative estimate of drug-likeness (QED) is 0.837. The molecule has 0 spiro atoms. The van der Waals surface area contributed by atoms with Crippen molar-refractivity contribution in [3.05, 3.63) is 35.9 Å². The van der Waals surface area contributed by atoms with Gasteiger partial charge in [-0.15, -0.1) is 0 Å². The number of nitrogens with zero attached hydrogens (tertiary/aromatic N) is 1. The summed E-state index contributed by atoms with van der Waals surface area (Å²) in [5.74, 6) is 0.496. The van der Waals surface area contributed by atoms with Gasteiger partial charge in [-0.3, -0.25) is 4.79 Å². The lowest BCUT2D eigenvalue weighted by molar-refractivity contribution is -0.118. The molecule has 2 fully saturated rings. The average Bonchev–Trinajstić information content (AvgIpc) is 2.53. The van der Waals surface area contributed by atoms with Gasteiger partial charge in [-0.05, 0) is 18.4 Å². The number of fused-ring (bicyclic) bond motifs is 1. The van der Waals surface area contributed by atoms with Gasteiger partial charge < -0.3 is 15.5 Å². The highest BCUT2D eigenvalue weighted by atomic mass is 16.2.